The normalized spacial score (nSPS) is 11.4. The summed E-state index contributed by atoms with van der Waals surface area (Å²) in [6.45, 7) is 1.20. The van der Waals surface area contributed by atoms with Gasteiger partial charge >= 0.3 is 5.97 Å². The van der Waals surface area contributed by atoms with Gasteiger partial charge in [0.1, 0.15) is 23.9 Å². The molecule has 5 rings (SSSR count). The summed E-state index contributed by atoms with van der Waals surface area (Å²) in [5.41, 5.74) is 1.79. The first-order chi connectivity index (χ1) is 16.7. The molecule has 176 valence electrons. The number of benzene rings is 3. The van der Waals surface area contributed by atoms with E-state index in [1.807, 2.05) is 0 Å². The Bertz CT molecular complexity index is 1710. The number of rotatable bonds is 5. The molecule has 5 aromatic rings. The Morgan fingerprint density at radius 2 is 1.77 bits per heavy atom. The van der Waals surface area contributed by atoms with Gasteiger partial charge < -0.3 is 9.67 Å². The number of fused-ring (bicyclic) bond motifs is 2. The highest BCUT2D eigenvalue weighted by atomic mass is 35.5. The SMILES string of the molecule is Cc1c(-c2nn(Cc3cc(F)ccc3F)c(=O)c3ccccc23)c2cc(Cl)ccc2n1CC(=O)O. The van der Waals surface area contributed by atoms with Crippen LogP contribution in [0.25, 0.3) is 32.9 Å². The van der Waals surface area contributed by atoms with Gasteiger partial charge in [0.25, 0.3) is 5.56 Å². The van der Waals surface area contributed by atoms with E-state index in [0.29, 0.717) is 43.6 Å². The Morgan fingerprint density at radius 1 is 1.03 bits per heavy atom. The van der Waals surface area contributed by atoms with Crippen molar-refractivity contribution in [2.75, 3.05) is 0 Å². The summed E-state index contributed by atoms with van der Waals surface area (Å²) in [6, 6.07) is 15.0. The molecule has 35 heavy (non-hydrogen) atoms. The summed E-state index contributed by atoms with van der Waals surface area (Å²) in [5, 5.41) is 16.1. The van der Waals surface area contributed by atoms with E-state index in [1.165, 1.54) is 0 Å². The first-order valence-electron chi connectivity index (χ1n) is 10.7. The number of hydrogen-bond acceptors (Lipinski definition) is 3. The van der Waals surface area contributed by atoms with Crippen molar-refractivity contribution < 1.29 is 18.7 Å². The van der Waals surface area contributed by atoms with Gasteiger partial charge in [0.05, 0.1) is 11.9 Å². The average Bonchev–Trinajstić information content (AvgIpc) is 3.08. The van der Waals surface area contributed by atoms with Crippen LogP contribution in [0.2, 0.25) is 5.02 Å². The quantitative estimate of drug-likeness (QED) is 0.356. The molecule has 0 unspecified atom stereocenters. The Labute approximate surface area is 202 Å². The summed E-state index contributed by atoms with van der Waals surface area (Å²) >= 11 is 6.28. The van der Waals surface area contributed by atoms with Crippen molar-refractivity contribution in [1.29, 1.82) is 0 Å². The second kappa shape index (κ2) is 8.63. The van der Waals surface area contributed by atoms with E-state index < -0.39 is 23.2 Å². The van der Waals surface area contributed by atoms with Crippen LogP contribution in [0.5, 0.6) is 0 Å². The number of carboxylic acids is 1. The molecule has 9 heteroatoms. The van der Waals surface area contributed by atoms with Crippen LogP contribution in [0.15, 0.2) is 65.5 Å². The molecule has 0 saturated heterocycles. The number of hydrogen-bond donors (Lipinski definition) is 1. The maximum Gasteiger partial charge on any atom is 0.323 e. The van der Waals surface area contributed by atoms with Crippen LogP contribution in [0.3, 0.4) is 0 Å². The third-order valence-electron chi connectivity index (χ3n) is 6.01. The molecule has 0 amide bonds. The number of carboxylic acid groups (broad SMARTS) is 1. The molecular formula is C26H18ClF2N3O3. The highest BCUT2D eigenvalue weighted by molar-refractivity contribution is 6.31. The average molecular weight is 494 g/mol. The maximum atomic E-state index is 14.4. The van der Waals surface area contributed by atoms with Crippen LogP contribution in [0.1, 0.15) is 11.3 Å². The van der Waals surface area contributed by atoms with E-state index in [9.17, 15) is 23.5 Å². The molecule has 0 bridgehead atoms. The summed E-state index contributed by atoms with van der Waals surface area (Å²) in [6.07, 6.45) is 0. The Kier molecular flexibility index (Phi) is 5.61. The van der Waals surface area contributed by atoms with Crippen molar-refractivity contribution in [3.63, 3.8) is 0 Å². The largest absolute Gasteiger partial charge is 0.480 e. The van der Waals surface area contributed by atoms with Gasteiger partial charge in [-0.1, -0.05) is 29.8 Å². The number of aliphatic carboxylic acids is 1. The third-order valence-corrected chi connectivity index (χ3v) is 6.25. The molecule has 2 heterocycles. The zero-order valence-corrected chi connectivity index (χ0v) is 19.2. The van der Waals surface area contributed by atoms with Crippen molar-refractivity contribution in [3.8, 4) is 11.3 Å². The Morgan fingerprint density at radius 3 is 2.51 bits per heavy atom. The summed E-state index contributed by atoms with van der Waals surface area (Å²) in [7, 11) is 0. The molecule has 0 saturated carbocycles. The third kappa shape index (κ3) is 3.95. The van der Waals surface area contributed by atoms with Crippen LogP contribution in [0.4, 0.5) is 8.78 Å². The predicted molar refractivity (Wildman–Crippen MR) is 130 cm³/mol. The standard InChI is InChI=1S/C26H18ClF2N3O3/c1-14-24(20-11-16(27)6-9-22(20)31(14)13-23(33)34)25-18-4-2-3-5-19(18)26(35)32(30-25)12-15-10-17(28)7-8-21(15)29/h2-11H,12-13H2,1H3,(H,33,34). The molecule has 3 aromatic carbocycles. The van der Waals surface area contributed by atoms with E-state index in [4.69, 9.17) is 11.6 Å². The fraction of sp³-hybridized carbons (Fsp3) is 0.115. The Balaban J connectivity index is 1.84. The lowest BCUT2D eigenvalue weighted by molar-refractivity contribution is -0.137. The summed E-state index contributed by atoms with van der Waals surface area (Å²) in [5.74, 6) is -2.30. The van der Waals surface area contributed by atoms with Crippen molar-refractivity contribution >= 4 is 39.2 Å². The lowest BCUT2D eigenvalue weighted by atomic mass is 10.0. The van der Waals surface area contributed by atoms with Crippen molar-refractivity contribution in [1.82, 2.24) is 14.3 Å². The van der Waals surface area contributed by atoms with Gasteiger partial charge in [-0.2, -0.15) is 5.10 Å². The van der Waals surface area contributed by atoms with Gasteiger partial charge in [0.2, 0.25) is 0 Å². The topological polar surface area (TPSA) is 77.1 Å². The minimum Gasteiger partial charge on any atom is -0.480 e. The van der Waals surface area contributed by atoms with Crippen molar-refractivity contribution in [3.05, 3.63) is 98.9 Å². The van der Waals surface area contributed by atoms with E-state index in [1.54, 1.807) is 54.0 Å². The molecule has 6 nitrogen and oxygen atoms in total. The molecule has 0 radical (unpaired) electrons. The predicted octanol–water partition coefficient (Wildman–Crippen LogP) is 5.39. The first-order valence-corrected chi connectivity index (χ1v) is 11.1. The summed E-state index contributed by atoms with van der Waals surface area (Å²) in [4.78, 5) is 24.8. The molecule has 0 aliphatic rings. The highest BCUT2D eigenvalue weighted by Crippen LogP contribution is 2.37. The van der Waals surface area contributed by atoms with E-state index in [2.05, 4.69) is 5.10 Å². The summed E-state index contributed by atoms with van der Waals surface area (Å²) < 4.78 is 30.9. The molecular weight excluding hydrogens is 476 g/mol. The maximum absolute atomic E-state index is 14.4. The first kappa shape index (κ1) is 22.7. The fourth-order valence-corrected chi connectivity index (χ4v) is 4.62. The second-order valence-corrected chi connectivity index (χ2v) is 8.63. The highest BCUT2D eigenvalue weighted by Gasteiger charge is 2.22. The molecule has 0 spiro atoms. The van der Waals surface area contributed by atoms with Gasteiger partial charge in [-0.05, 0) is 49.4 Å². The molecule has 0 aliphatic carbocycles. The van der Waals surface area contributed by atoms with Gasteiger partial charge in [-0.3, -0.25) is 9.59 Å². The zero-order chi connectivity index (χ0) is 24.9. The lowest BCUT2D eigenvalue weighted by Gasteiger charge is -2.13. The van der Waals surface area contributed by atoms with Gasteiger partial charge in [0.15, 0.2) is 0 Å². The fourth-order valence-electron chi connectivity index (χ4n) is 4.45. The lowest BCUT2D eigenvalue weighted by Crippen LogP contribution is -2.25. The molecule has 1 N–H and O–H groups in total. The smallest absolute Gasteiger partial charge is 0.323 e. The van der Waals surface area contributed by atoms with Gasteiger partial charge in [-0.25, -0.2) is 13.5 Å². The van der Waals surface area contributed by atoms with E-state index >= 15 is 0 Å². The van der Waals surface area contributed by atoms with Crippen LogP contribution in [-0.4, -0.2) is 25.4 Å². The number of carbonyl (C=O) groups is 1. The van der Waals surface area contributed by atoms with Crippen LogP contribution in [-0.2, 0) is 17.9 Å². The molecule has 2 aromatic heterocycles. The van der Waals surface area contributed by atoms with Crippen molar-refractivity contribution in [2.45, 2.75) is 20.0 Å². The number of halogens is 3. The number of aromatic nitrogens is 3. The van der Waals surface area contributed by atoms with Gasteiger partial charge in [-0.15, -0.1) is 0 Å². The second-order valence-electron chi connectivity index (χ2n) is 8.19. The van der Waals surface area contributed by atoms with Crippen LogP contribution < -0.4 is 5.56 Å². The minimum atomic E-state index is -1.02. The Hall–Kier alpha value is -4.04. The van der Waals surface area contributed by atoms with Crippen molar-refractivity contribution in [2.24, 2.45) is 0 Å². The van der Waals surface area contributed by atoms with Crippen LogP contribution >= 0.6 is 11.6 Å². The molecule has 0 atom stereocenters. The van der Waals surface area contributed by atoms with E-state index in [0.717, 1.165) is 22.9 Å². The number of nitrogens with zero attached hydrogens (tertiary/aromatic N) is 3. The monoisotopic (exact) mass is 493 g/mol. The molecule has 0 fully saturated rings. The van der Waals surface area contributed by atoms with Crippen LogP contribution in [0, 0.1) is 18.6 Å². The minimum absolute atomic E-state index is 0.0195. The van der Waals surface area contributed by atoms with Gasteiger partial charge in [0, 0.05) is 38.1 Å². The zero-order valence-electron chi connectivity index (χ0n) is 18.4. The van der Waals surface area contributed by atoms with E-state index in [-0.39, 0.29) is 18.7 Å². The molecule has 0 aliphatic heterocycles.